The minimum atomic E-state index is -0.380. The van der Waals surface area contributed by atoms with Gasteiger partial charge in [0, 0.05) is 30.2 Å². The number of halogens is 2. The van der Waals surface area contributed by atoms with Crippen LogP contribution in [0.4, 0.5) is 10.1 Å². The number of carbonyl (C=O) groups is 2. The Kier molecular flexibility index (Phi) is 5.57. The van der Waals surface area contributed by atoms with Crippen molar-refractivity contribution in [2.24, 2.45) is 5.92 Å². The molecule has 136 valence electrons. The van der Waals surface area contributed by atoms with Gasteiger partial charge in [-0.2, -0.15) is 0 Å². The fourth-order valence-corrected chi connectivity index (χ4v) is 3.30. The maximum absolute atomic E-state index is 12.9. The lowest BCUT2D eigenvalue weighted by atomic mass is 10.1. The lowest BCUT2D eigenvalue weighted by Gasteiger charge is -2.19. The molecule has 1 heterocycles. The Hall–Kier alpha value is -2.40. The van der Waals surface area contributed by atoms with E-state index >= 15 is 0 Å². The quantitative estimate of drug-likeness (QED) is 0.870. The molecule has 1 unspecified atom stereocenters. The molecule has 2 amide bonds. The molecule has 26 heavy (non-hydrogen) atoms. The third-order valence-corrected chi connectivity index (χ3v) is 5.06. The monoisotopic (exact) mass is 374 g/mol. The third-order valence-electron chi connectivity index (χ3n) is 4.65. The van der Waals surface area contributed by atoms with Crippen LogP contribution in [0.3, 0.4) is 0 Å². The molecule has 1 atom stereocenters. The SMILES string of the molecule is Cc1c(Cl)cccc1N1CC(C(=O)NCCc2ccc(F)cc2)CC1=O. The average Bonchev–Trinajstić information content (AvgIpc) is 3.01. The summed E-state index contributed by atoms with van der Waals surface area (Å²) in [6, 6.07) is 11.6. The summed E-state index contributed by atoms with van der Waals surface area (Å²) in [7, 11) is 0. The van der Waals surface area contributed by atoms with Gasteiger partial charge >= 0.3 is 0 Å². The fraction of sp³-hybridized carbons (Fsp3) is 0.300. The number of nitrogens with one attached hydrogen (secondary N) is 1. The third kappa shape index (κ3) is 4.05. The molecule has 0 bridgehead atoms. The summed E-state index contributed by atoms with van der Waals surface area (Å²) in [5.41, 5.74) is 2.54. The number of carbonyl (C=O) groups excluding carboxylic acids is 2. The molecule has 0 spiro atoms. The molecular weight excluding hydrogens is 355 g/mol. The molecule has 1 aliphatic heterocycles. The van der Waals surface area contributed by atoms with Gasteiger partial charge in [-0.25, -0.2) is 4.39 Å². The first-order chi connectivity index (χ1) is 12.5. The zero-order valence-electron chi connectivity index (χ0n) is 14.5. The molecule has 3 rings (SSSR count). The molecule has 0 saturated carbocycles. The number of anilines is 1. The molecule has 0 aromatic heterocycles. The van der Waals surface area contributed by atoms with Crippen LogP contribution in [0.25, 0.3) is 0 Å². The van der Waals surface area contributed by atoms with Crippen LogP contribution in [0.5, 0.6) is 0 Å². The number of benzene rings is 2. The smallest absolute Gasteiger partial charge is 0.227 e. The predicted molar refractivity (Wildman–Crippen MR) is 99.8 cm³/mol. The van der Waals surface area contributed by atoms with Crippen LogP contribution >= 0.6 is 11.6 Å². The summed E-state index contributed by atoms with van der Waals surface area (Å²) >= 11 is 6.13. The Morgan fingerprint density at radius 2 is 2.00 bits per heavy atom. The summed E-state index contributed by atoms with van der Waals surface area (Å²) in [5, 5.41) is 3.47. The standard InChI is InChI=1S/C20H20ClFN2O2/c1-13-17(21)3-2-4-18(13)24-12-15(11-19(24)25)20(26)23-10-9-14-5-7-16(22)8-6-14/h2-8,15H,9-12H2,1H3,(H,23,26). The van der Waals surface area contributed by atoms with Crippen molar-refractivity contribution in [2.75, 3.05) is 18.0 Å². The van der Waals surface area contributed by atoms with Gasteiger partial charge < -0.3 is 10.2 Å². The second kappa shape index (κ2) is 7.87. The number of nitrogens with zero attached hydrogens (tertiary/aromatic N) is 1. The van der Waals surface area contributed by atoms with Crippen LogP contribution in [0.1, 0.15) is 17.5 Å². The Balaban J connectivity index is 1.57. The van der Waals surface area contributed by atoms with E-state index in [2.05, 4.69) is 5.32 Å². The second-order valence-electron chi connectivity index (χ2n) is 6.46. The zero-order chi connectivity index (χ0) is 18.7. The molecule has 6 heteroatoms. The van der Waals surface area contributed by atoms with Gasteiger partial charge in [0.15, 0.2) is 0 Å². The largest absolute Gasteiger partial charge is 0.355 e. The van der Waals surface area contributed by atoms with Crippen LogP contribution in [0.2, 0.25) is 5.02 Å². The highest BCUT2D eigenvalue weighted by molar-refractivity contribution is 6.31. The first-order valence-corrected chi connectivity index (χ1v) is 8.91. The second-order valence-corrected chi connectivity index (χ2v) is 6.86. The maximum Gasteiger partial charge on any atom is 0.227 e. The maximum atomic E-state index is 12.9. The number of hydrogen-bond acceptors (Lipinski definition) is 2. The van der Waals surface area contributed by atoms with Gasteiger partial charge in [-0.3, -0.25) is 9.59 Å². The molecular formula is C20H20ClFN2O2. The van der Waals surface area contributed by atoms with Crippen molar-refractivity contribution in [3.8, 4) is 0 Å². The van der Waals surface area contributed by atoms with Crippen LogP contribution in [-0.2, 0) is 16.0 Å². The Morgan fingerprint density at radius 3 is 2.73 bits per heavy atom. The van der Waals surface area contributed by atoms with E-state index in [0.29, 0.717) is 24.5 Å². The molecule has 0 radical (unpaired) electrons. The minimum absolute atomic E-state index is 0.0750. The first-order valence-electron chi connectivity index (χ1n) is 8.53. The van der Waals surface area contributed by atoms with E-state index in [-0.39, 0.29) is 30.0 Å². The van der Waals surface area contributed by atoms with Gasteiger partial charge in [-0.15, -0.1) is 0 Å². The topological polar surface area (TPSA) is 49.4 Å². The van der Waals surface area contributed by atoms with Crippen molar-refractivity contribution in [3.63, 3.8) is 0 Å². The zero-order valence-corrected chi connectivity index (χ0v) is 15.2. The summed E-state index contributed by atoms with van der Waals surface area (Å²) in [4.78, 5) is 26.4. The van der Waals surface area contributed by atoms with Crippen molar-refractivity contribution in [2.45, 2.75) is 19.8 Å². The van der Waals surface area contributed by atoms with Gasteiger partial charge in [0.2, 0.25) is 11.8 Å². The van der Waals surface area contributed by atoms with Gasteiger partial charge in [-0.1, -0.05) is 29.8 Å². The molecule has 2 aromatic rings. The summed E-state index contributed by atoms with van der Waals surface area (Å²) in [6.07, 6.45) is 0.804. The highest BCUT2D eigenvalue weighted by Gasteiger charge is 2.35. The lowest BCUT2D eigenvalue weighted by Crippen LogP contribution is -2.34. The normalized spacial score (nSPS) is 16.8. The molecule has 4 nitrogen and oxygen atoms in total. The summed E-state index contributed by atoms with van der Waals surface area (Å²) < 4.78 is 12.9. The van der Waals surface area contributed by atoms with E-state index in [1.54, 1.807) is 29.2 Å². The van der Waals surface area contributed by atoms with Crippen molar-refractivity contribution < 1.29 is 14.0 Å². The van der Waals surface area contributed by atoms with Crippen LogP contribution in [0, 0.1) is 18.7 Å². The highest BCUT2D eigenvalue weighted by atomic mass is 35.5. The Morgan fingerprint density at radius 1 is 1.27 bits per heavy atom. The summed E-state index contributed by atoms with van der Waals surface area (Å²) in [5.74, 6) is -0.871. The average molecular weight is 375 g/mol. The first kappa shape index (κ1) is 18.4. The fourth-order valence-electron chi connectivity index (χ4n) is 3.13. The predicted octanol–water partition coefficient (Wildman–Crippen LogP) is 3.50. The van der Waals surface area contributed by atoms with Crippen LogP contribution in [0.15, 0.2) is 42.5 Å². The van der Waals surface area contributed by atoms with Crippen LogP contribution in [-0.4, -0.2) is 24.9 Å². The van der Waals surface area contributed by atoms with E-state index in [1.807, 2.05) is 13.0 Å². The van der Waals surface area contributed by atoms with E-state index in [0.717, 1.165) is 16.8 Å². The minimum Gasteiger partial charge on any atom is -0.355 e. The van der Waals surface area contributed by atoms with Gasteiger partial charge in [0.25, 0.3) is 0 Å². The molecule has 1 N–H and O–H groups in total. The van der Waals surface area contributed by atoms with Crippen molar-refractivity contribution in [1.82, 2.24) is 5.32 Å². The lowest BCUT2D eigenvalue weighted by molar-refractivity contribution is -0.126. The van der Waals surface area contributed by atoms with Gasteiger partial charge in [0.05, 0.1) is 5.92 Å². The van der Waals surface area contributed by atoms with Crippen molar-refractivity contribution >= 4 is 29.1 Å². The number of amides is 2. The Bertz CT molecular complexity index is 823. The molecule has 0 aliphatic carbocycles. The molecule has 2 aromatic carbocycles. The molecule has 1 saturated heterocycles. The van der Waals surface area contributed by atoms with Crippen molar-refractivity contribution in [1.29, 1.82) is 0 Å². The number of rotatable bonds is 5. The number of hydrogen-bond donors (Lipinski definition) is 1. The van der Waals surface area contributed by atoms with E-state index in [9.17, 15) is 14.0 Å². The highest BCUT2D eigenvalue weighted by Crippen LogP contribution is 2.31. The summed E-state index contributed by atoms with van der Waals surface area (Å²) in [6.45, 7) is 2.66. The van der Waals surface area contributed by atoms with Crippen molar-refractivity contribution in [3.05, 3.63) is 64.4 Å². The van der Waals surface area contributed by atoms with E-state index < -0.39 is 0 Å². The van der Waals surface area contributed by atoms with Gasteiger partial charge in [-0.05, 0) is 48.7 Å². The van der Waals surface area contributed by atoms with E-state index in [4.69, 9.17) is 11.6 Å². The van der Waals surface area contributed by atoms with Crippen LogP contribution < -0.4 is 10.2 Å². The molecule has 1 aliphatic rings. The molecule has 1 fully saturated rings. The Labute approximate surface area is 157 Å². The van der Waals surface area contributed by atoms with E-state index in [1.165, 1.54) is 12.1 Å². The van der Waals surface area contributed by atoms with Gasteiger partial charge in [0.1, 0.15) is 5.82 Å².